The summed E-state index contributed by atoms with van der Waals surface area (Å²) in [5.74, 6) is -0.634. The van der Waals surface area contributed by atoms with Crippen molar-refractivity contribution in [3.63, 3.8) is 0 Å². The third-order valence-corrected chi connectivity index (χ3v) is 6.31. The van der Waals surface area contributed by atoms with E-state index in [-0.39, 0.29) is 11.9 Å². The van der Waals surface area contributed by atoms with Gasteiger partial charge in [0, 0.05) is 24.8 Å². The molecule has 0 saturated heterocycles. The number of aryl methyl sites for hydroxylation is 4. The van der Waals surface area contributed by atoms with Crippen LogP contribution in [0.5, 0.6) is 0 Å². The number of benzene rings is 2. The molecule has 0 aliphatic rings. The molecule has 0 saturated carbocycles. The van der Waals surface area contributed by atoms with Crippen LogP contribution >= 0.6 is 0 Å². The Labute approximate surface area is 236 Å². The van der Waals surface area contributed by atoms with Crippen LogP contribution in [-0.4, -0.2) is 35.1 Å². The van der Waals surface area contributed by atoms with Gasteiger partial charge in [-0.3, -0.25) is 9.97 Å². The minimum absolute atomic E-state index is 0.291. The topological polar surface area (TPSA) is 78.4 Å². The van der Waals surface area contributed by atoms with E-state index in [1.54, 1.807) is 38.5 Å². The molecule has 40 heavy (non-hydrogen) atoms. The Morgan fingerprint density at radius 3 is 1.88 bits per heavy atom. The lowest BCUT2D eigenvalue weighted by atomic mass is 9.99. The molecule has 2 aromatic carbocycles. The molecule has 6 nitrogen and oxygen atoms in total. The van der Waals surface area contributed by atoms with Gasteiger partial charge in [-0.25, -0.2) is 9.59 Å². The van der Waals surface area contributed by atoms with Crippen molar-refractivity contribution in [2.24, 2.45) is 0 Å². The summed E-state index contributed by atoms with van der Waals surface area (Å²) in [5, 5.41) is 0. The van der Waals surface area contributed by atoms with Gasteiger partial charge >= 0.3 is 11.9 Å². The summed E-state index contributed by atoms with van der Waals surface area (Å²) >= 11 is 0. The zero-order chi connectivity index (χ0) is 28.7. The largest absolute Gasteiger partial charge is 0.462 e. The van der Waals surface area contributed by atoms with E-state index < -0.39 is 0 Å². The fraction of sp³-hybridized carbons (Fsp3) is 0.235. The smallest absolute Gasteiger partial charge is 0.340 e. The van der Waals surface area contributed by atoms with Crippen molar-refractivity contribution < 1.29 is 19.1 Å². The number of hydrogen-bond donors (Lipinski definition) is 0. The molecule has 206 valence electrons. The third-order valence-electron chi connectivity index (χ3n) is 6.31. The molecule has 4 aromatic rings. The van der Waals surface area contributed by atoms with E-state index in [2.05, 4.69) is 42.0 Å². The summed E-state index contributed by atoms with van der Waals surface area (Å²) in [7, 11) is 0. The van der Waals surface area contributed by atoms with E-state index in [4.69, 9.17) is 9.47 Å². The molecule has 0 aliphatic heterocycles. The molecular weight excluding hydrogens is 500 g/mol. The molecule has 0 radical (unpaired) electrons. The Hall–Kier alpha value is -4.58. The van der Waals surface area contributed by atoms with Gasteiger partial charge in [-0.1, -0.05) is 60.7 Å². The summed E-state index contributed by atoms with van der Waals surface area (Å²) in [5.41, 5.74) is 7.75. The van der Waals surface area contributed by atoms with Gasteiger partial charge in [0.1, 0.15) is 0 Å². The highest BCUT2D eigenvalue weighted by Gasteiger charge is 2.13. The lowest BCUT2D eigenvalue weighted by molar-refractivity contribution is 0.0515. The minimum atomic E-state index is -0.343. The van der Waals surface area contributed by atoms with E-state index in [0.717, 1.165) is 29.5 Å². The number of rotatable bonds is 9. The molecule has 0 amide bonds. The number of ether oxygens (including phenoxy) is 2. The van der Waals surface area contributed by atoms with Crippen molar-refractivity contribution in [2.45, 2.75) is 40.5 Å². The van der Waals surface area contributed by atoms with Crippen molar-refractivity contribution in [3.8, 4) is 0 Å². The predicted molar refractivity (Wildman–Crippen MR) is 159 cm³/mol. The maximum absolute atomic E-state index is 11.9. The Morgan fingerprint density at radius 1 is 0.650 bits per heavy atom. The van der Waals surface area contributed by atoms with Crippen molar-refractivity contribution in [3.05, 3.63) is 130 Å². The van der Waals surface area contributed by atoms with Gasteiger partial charge in [0.05, 0.1) is 24.3 Å². The summed E-state index contributed by atoms with van der Waals surface area (Å²) in [4.78, 5) is 31.7. The van der Waals surface area contributed by atoms with Gasteiger partial charge in [-0.05, 0) is 86.1 Å². The first kappa shape index (κ1) is 30.0. The monoisotopic (exact) mass is 536 g/mol. The first-order valence-corrected chi connectivity index (χ1v) is 13.4. The Balaban J connectivity index is 0.000000220. The first-order chi connectivity index (χ1) is 19.4. The van der Waals surface area contributed by atoms with Crippen LogP contribution in [0.2, 0.25) is 0 Å². The number of nitrogens with zero attached hydrogens (tertiary/aromatic N) is 2. The van der Waals surface area contributed by atoms with E-state index in [1.165, 1.54) is 22.9 Å². The number of hydrogen-bond acceptors (Lipinski definition) is 6. The second-order valence-corrected chi connectivity index (χ2v) is 9.05. The zero-order valence-electron chi connectivity index (χ0n) is 23.6. The zero-order valence-corrected chi connectivity index (χ0v) is 23.6. The lowest BCUT2D eigenvalue weighted by Crippen LogP contribution is -2.09. The van der Waals surface area contributed by atoms with E-state index in [0.29, 0.717) is 24.3 Å². The molecule has 6 heteroatoms. The lowest BCUT2D eigenvalue weighted by Gasteiger charge is -2.09. The van der Waals surface area contributed by atoms with Crippen LogP contribution < -0.4 is 0 Å². The number of aromatic nitrogens is 2. The van der Waals surface area contributed by atoms with Crippen LogP contribution in [0.15, 0.2) is 85.5 Å². The van der Waals surface area contributed by atoms with E-state index in [1.807, 2.05) is 48.6 Å². The fourth-order valence-corrected chi connectivity index (χ4v) is 4.08. The molecule has 0 fully saturated rings. The van der Waals surface area contributed by atoms with Gasteiger partial charge in [0.2, 0.25) is 0 Å². The SMILES string of the molecule is CCOC(=O)c1cnccc1/C=C/c1ccccc1C.CCOC(=O)c1cnccc1CCc1ccccc1C. The van der Waals surface area contributed by atoms with Crippen LogP contribution in [0.25, 0.3) is 12.2 Å². The maximum Gasteiger partial charge on any atom is 0.340 e. The minimum Gasteiger partial charge on any atom is -0.462 e. The standard InChI is InChI=1S/C17H19NO2.C17H17NO2/c2*1-3-20-17(19)16-12-18-11-10-15(16)9-8-14-7-5-4-6-13(14)2/h4-7,10-12H,3,8-9H2,1-2H3;4-12H,3H2,1-2H3/b;9-8+. The Bertz CT molecular complexity index is 1450. The van der Waals surface area contributed by atoms with Gasteiger partial charge in [-0.15, -0.1) is 0 Å². The number of carbonyl (C=O) groups excluding carboxylic acids is 2. The highest BCUT2D eigenvalue weighted by Crippen LogP contribution is 2.16. The molecule has 0 unspecified atom stereocenters. The van der Waals surface area contributed by atoms with E-state index >= 15 is 0 Å². The quantitative estimate of drug-likeness (QED) is 0.213. The molecule has 0 N–H and O–H groups in total. The van der Waals surface area contributed by atoms with Crippen molar-refractivity contribution in [1.29, 1.82) is 0 Å². The molecule has 0 atom stereocenters. The Kier molecular flexibility index (Phi) is 11.8. The second kappa shape index (κ2) is 15.7. The second-order valence-electron chi connectivity index (χ2n) is 9.05. The van der Waals surface area contributed by atoms with Gasteiger partial charge in [-0.2, -0.15) is 0 Å². The summed E-state index contributed by atoms with van der Waals surface area (Å²) < 4.78 is 10.1. The average Bonchev–Trinajstić information content (AvgIpc) is 2.97. The van der Waals surface area contributed by atoms with Gasteiger partial charge < -0.3 is 9.47 Å². The molecule has 0 spiro atoms. The normalized spacial score (nSPS) is 10.5. The van der Waals surface area contributed by atoms with Crippen molar-refractivity contribution in [1.82, 2.24) is 9.97 Å². The average molecular weight is 537 g/mol. The number of pyridine rings is 2. The molecule has 2 aromatic heterocycles. The van der Waals surface area contributed by atoms with Crippen LogP contribution in [0, 0.1) is 13.8 Å². The molecular formula is C34H36N2O4. The van der Waals surface area contributed by atoms with E-state index in [9.17, 15) is 9.59 Å². The van der Waals surface area contributed by atoms with Crippen molar-refractivity contribution >= 4 is 24.1 Å². The van der Waals surface area contributed by atoms with Crippen LogP contribution in [0.3, 0.4) is 0 Å². The van der Waals surface area contributed by atoms with Crippen LogP contribution in [0.1, 0.15) is 67.9 Å². The number of esters is 2. The highest BCUT2D eigenvalue weighted by atomic mass is 16.5. The molecule has 0 bridgehead atoms. The molecule has 0 aliphatic carbocycles. The van der Waals surface area contributed by atoms with Gasteiger partial charge in [0.25, 0.3) is 0 Å². The van der Waals surface area contributed by atoms with Crippen LogP contribution in [-0.2, 0) is 22.3 Å². The van der Waals surface area contributed by atoms with Gasteiger partial charge in [0.15, 0.2) is 0 Å². The maximum atomic E-state index is 11.9. The number of carbonyl (C=O) groups is 2. The highest BCUT2D eigenvalue weighted by molar-refractivity contribution is 5.94. The molecule has 2 heterocycles. The predicted octanol–water partition coefficient (Wildman–Crippen LogP) is 7.09. The Morgan fingerprint density at radius 2 is 1.20 bits per heavy atom. The summed E-state index contributed by atoms with van der Waals surface area (Å²) in [6.45, 7) is 8.49. The van der Waals surface area contributed by atoms with Crippen molar-refractivity contribution in [2.75, 3.05) is 13.2 Å². The summed E-state index contributed by atoms with van der Waals surface area (Å²) in [6, 6.07) is 20.1. The molecule has 4 rings (SSSR count). The summed E-state index contributed by atoms with van der Waals surface area (Å²) in [6.07, 6.45) is 12.1. The fourth-order valence-electron chi connectivity index (χ4n) is 4.08. The van der Waals surface area contributed by atoms with Crippen LogP contribution in [0.4, 0.5) is 0 Å². The first-order valence-electron chi connectivity index (χ1n) is 13.4. The third kappa shape index (κ3) is 8.73.